The van der Waals surface area contributed by atoms with Gasteiger partial charge in [0.15, 0.2) is 5.69 Å². The van der Waals surface area contributed by atoms with Gasteiger partial charge in [0.05, 0.1) is 18.5 Å². The number of esters is 1. The average molecular weight is 383 g/mol. The Balaban J connectivity index is 2.41. The van der Waals surface area contributed by atoms with E-state index in [0.29, 0.717) is 10.2 Å². The van der Waals surface area contributed by atoms with Crippen LogP contribution in [0.2, 0.25) is 0 Å². The number of halogens is 3. The summed E-state index contributed by atoms with van der Waals surface area (Å²) in [4.78, 5) is 23.9. The first kappa shape index (κ1) is 20.5. The van der Waals surface area contributed by atoms with Crippen LogP contribution in [-0.4, -0.2) is 33.8 Å². The summed E-state index contributed by atoms with van der Waals surface area (Å²) in [6, 6.07) is 5.44. The minimum absolute atomic E-state index is 0.0567. The molecule has 0 unspecified atom stereocenters. The third-order valence-corrected chi connectivity index (χ3v) is 3.40. The molecule has 0 saturated carbocycles. The Kier molecular flexibility index (Phi) is 5.62. The third-order valence-electron chi connectivity index (χ3n) is 3.40. The summed E-state index contributed by atoms with van der Waals surface area (Å²) >= 11 is 0. The molecule has 0 spiro atoms. The number of amides is 1. The molecule has 1 N–H and O–H groups in total. The Labute approximate surface area is 154 Å². The van der Waals surface area contributed by atoms with E-state index < -0.39 is 28.9 Å². The Morgan fingerprint density at radius 3 is 2.22 bits per heavy atom. The molecule has 2 aromatic rings. The van der Waals surface area contributed by atoms with E-state index in [-0.39, 0.29) is 18.2 Å². The van der Waals surface area contributed by atoms with Crippen molar-refractivity contribution >= 4 is 11.9 Å². The maximum absolute atomic E-state index is 13.5. The molecule has 0 radical (unpaired) electrons. The van der Waals surface area contributed by atoms with Gasteiger partial charge in [-0.3, -0.25) is 4.79 Å². The van der Waals surface area contributed by atoms with Crippen LogP contribution in [0.1, 0.15) is 54.1 Å². The second kappa shape index (κ2) is 7.42. The van der Waals surface area contributed by atoms with Gasteiger partial charge in [0.25, 0.3) is 5.91 Å². The molecule has 1 heterocycles. The number of nitrogens with zero attached hydrogens (tertiary/aromatic N) is 2. The topological polar surface area (TPSA) is 73.2 Å². The van der Waals surface area contributed by atoms with E-state index >= 15 is 0 Å². The Bertz CT molecular complexity index is 834. The highest BCUT2D eigenvalue weighted by molar-refractivity contribution is 5.95. The number of hydrogen-bond acceptors (Lipinski definition) is 4. The molecule has 1 aromatic carbocycles. The lowest BCUT2D eigenvalue weighted by molar-refractivity contribution is -0.143. The fourth-order valence-corrected chi connectivity index (χ4v) is 2.34. The monoisotopic (exact) mass is 383 g/mol. The number of alkyl halides is 3. The molecule has 27 heavy (non-hydrogen) atoms. The highest BCUT2D eigenvalue weighted by Crippen LogP contribution is 2.34. The molecule has 0 aliphatic carbocycles. The van der Waals surface area contributed by atoms with Crippen molar-refractivity contribution in [3.63, 3.8) is 0 Å². The Morgan fingerprint density at radius 1 is 1.15 bits per heavy atom. The highest BCUT2D eigenvalue weighted by Gasteiger charge is 2.41. The fourth-order valence-electron chi connectivity index (χ4n) is 2.34. The predicted octanol–water partition coefficient (Wildman–Crippen LogP) is 3.60. The van der Waals surface area contributed by atoms with Crippen molar-refractivity contribution in [3.8, 4) is 5.69 Å². The standard InChI is InChI=1S/C18H20F3N3O3/c1-5-27-16(26)13-10-22-24(14(13)18(19,20)21)12-8-6-11(7-9-12)15(25)23-17(2,3)4/h6-10H,5H2,1-4H3,(H,23,25). The predicted molar refractivity (Wildman–Crippen MR) is 91.7 cm³/mol. The average Bonchev–Trinajstić information content (AvgIpc) is 2.99. The largest absolute Gasteiger partial charge is 0.462 e. The molecular weight excluding hydrogens is 363 g/mol. The summed E-state index contributed by atoms with van der Waals surface area (Å²) in [5.41, 5.74) is -1.99. The zero-order chi connectivity index (χ0) is 20.4. The molecule has 0 aliphatic heterocycles. The number of carbonyl (C=O) groups excluding carboxylic acids is 2. The Hall–Kier alpha value is -2.84. The van der Waals surface area contributed by atoms with Crippen LogP contribution < -0.4 is 5.32 Å². The van der Waals surface area contributed by atoms with E-state index in [9.17, 15) is 22.8 Å². The second-order valence-corrected chi connectivity index (χ2v) is 6.79. The molecule has 0 aliphatic rings. The van der Waals surface area contributed by atoms with Crippen molar-refractivity contribution in [3.05, 3.63) is 47.3 Å². The number of ether oxygens (including phenoxy) is 1. The lowest BCUT2D eigenvalue weighted by atomic mass is 10.1. The summed E-state index contributed by atoms with van der Waals surface area (Å²) in [5, 5.41) is 6.45. The van der Waals surface area contributed by atoms with Crippen LogP contribution >= 0.6 is 0 Å². The molecule has 9 heteroatoms. The Morgan fingerprint density at radius 2 is 1.74 bits per heavy atom. The van der Waals surface area contributed by atoms with Crippen LogP contribution in [0.4, 0.5) is 13.2 Å². The smallest absolute Gasteiger partial charge is 0.434 e. The highest BCUT2D eigenvalue weighted by atomic mass is 19.4. The van der Waals surface area contributed by atoms with Crippen LogP contribution in [0.5, 0.6) is 0 Å². The molecular formula is C18H20F3N3O3. The van der Waals surface area contributed by atoms with E-state index in [1.165, 1.54) is 31.2 Å². The van der Waals surface area contributed by atoms with Gasteiger partial charge in [-0.15, -0.1) is 0 Å². The number of benzene rings is 1. The van der Waals surface area contributed by atoms with Crippen molar-refractivity contribution < 1.29 is 27.5 Å². The van der Waals surface area contributed by atoms with Crippen molar-refractivity contribution in [1.82, 2.24) is 15.1 Å². The molecule has 146 valence electrons. The maximum atomic E-state index is 13.5. The lowest BCUT2D eigenvalue weighted by Gasteiger charge is -2.20. The van der Waals surface area contributed by atoms with Crippen molar-refractivity contribution in [2.24, 2.45) is 0 Å². The molecule has 0 bridgehead atoms. The van der Waals surface area contributed by atoms with E-state index in [1.54, 1.807) is 0 Å². The molecule has 1 amide bonds. The molecule has 6 nitrogen and oxygen atoms in total. The molecule has 1 aromatic heterocycles. The molecule has 0 saturated heterocycles. The van der Waals surface area contributed by atoms with Gasteiger partial charge in [0, 0.05) is 11.1 Å². The lowest BCUT2D eigenvalue weighted by Crippen LogP contribution is -2.40. The maximum Gasteiger partial charge on any atom is 0.434 e. The molecule has 2 rings (SSSR count). The quantitative estimate of drug-likeness (QED) is 0.819. The normalized spacial score (nSPS) is 12.0. The molecule has 0 fully saturated rings. The third kappa shape index (κ3) is 4.87. The summed E-state index contributed by atoms with van der Waals surface area (Å²) < 4.78 is 45.7. The number of carbonyl (C=O) groups is 2. The minimum Gasteiger partial charge on any atom is -0.462 e. The van der Waals surface area contributed by atoms with Crippen molar-refractivity contribution in [2.75, 3.05) is 6.61 Å². The zero-order valence-corrected chi connectivity index (χ0v) is 15.3. The second-order valence-electron chi connectivity index (χ2n) is 6.79. The number of nitrogens with one attached hydrogen (secondary N) is 1. The number of rotatable bonds is 4. The van der Waals surface area contributed by atoms with Crippen LogP contribution in [0.3, 0.4) is 0 Å². The van der Waals surface area contributed by atoms with E-state index in [2.05, 4.69) is 15.2 Å². The van der Waals surface area contributed by atoms with Gasteiger partial charge in [0.2, 0.25) is 0 Å². The van der Waals surface area contributed by atoms with Gasteiger partial charge >= 0.3 is 12.1 Å². The van der Waals surface area contributed by atoms with E-state index in [4.69, 9.17) is 0 Å². The van der Waals surface area contributed by atoms with Gasteiger partial charge in [-0.05, 0) is 52.0 Å². The summed E-state index contributed by atoms with van der Waals surface area (Å²) in [6.07, 6.45) is -4.00. The van der Waals surface area contributed by atoms with Crippen LogP contribution in [0, 0.1) is 0 Å². The van der Waals surface area contributed by atoms with Crippen LogP contribution in [0.15, 0.2) is 30.5 Å². The van der Waals surface area contributed by atoms with E-state index in [0.717, 1.165) is 6.20 Å². The zero-order valence-electron chi connectivity index (χ0n) is 15.3. The fraction of sp³-hybridized carbons (Fsp3) is 0.389. The van der Waals surface area contributed by atoms with Crippen LogP contribution in [0.25, 0.3) is 5.69 Å². The van der Waals surface area contributed by atoms with Crippen molar-refractivity contribution in [2.45, 2.75) is 39.4 Å². The minimum atomic E-state index is -4.82. The van der Waals surface area contributed by atoms with Gasteiger partial charge in [-0.25, -0.2) is 9.48 Å². The van der Waals surface area contributed by atoms with Crippen LogP contribution in [-0.2, 0) is 10.9 Å². The van der Waals surface area contributed by atoms with Crippen molar-refractivity contribution in [1.29, 1.82) is 0 Å². The first-order valence-corrected chi connectivity index (χ1v) is 8.19. The first-order valence-electron chi connectivity index (χ1n) is 8.19. The molecule has 0 atom stereocenters. The van der Waals surface area contributed by atoms with Gasteiger partial charge < -0.3 is 10.1 Å². The number of aromatic nitrogens is 2. The van der Waals surface area contributed by atoms with Gasteiger partial charge in [-0.2, -0.15) is 18.3 Å². The summed E-state index contributed by atoms with van der Waals surface area (Å²) in [5.74, 6) is -1.45. The summed E-state index contributed by atoms with van der Waals surface area (Å²) in [7, 11) is 0. The number of hydrogen-bond donors (Lipinski definition) is 1. The van der Waals surface area contributed by atoms with Gasteiger partial charge in [-0.1, -0.05) is 0 Å². The van der Waals surface area contributed by atoms with Gasteiger partial charge in [0.1, 0.15) is 5.56 Å². The summed E-state index contributed by atoms with van der Waals surface area (Å²) in [6.45, 7) is 6.89. The SMILES string of the molecule is CCOC(=O)c1cnn(-c2ccc(C(=O)NC(C)(C)C)cc2)c1C(F)(F)F. The first-order chi connectivity index (χ1) is 12.4. The van der Waals surface area contributed by atoms with E-state index in [1.807, 2.05) is 20.8 Å².